The number of aryl methyl sites for hydroxylation is 1. The molecule has 0 aliphatic rings. The van der Waals surface area contributed by atoms with E-state index in [0.717, 1.165) is 22.8 Å². The number of aromatic nitrogens is 5. The molecule has 2 N–H and O–H groups in total. The first-order valence-electron chi connectivity index (χ1n) is 8.46. The van der Waals surface area contributed by atoms with Crippen molar-refractivity contribution in [3.8, 4) is 5.69 Å². The molecule has 0 spiro atoms. The predicted molar refractivity (Wildman–Crippen MR) is 102 cm³/mol. The second-order valence-corrected chi connectivity index (χ2v) is 7.61. The second-order valence-electron chi connectivity index (χ2n) is 6.20. The van der Waals surface area contributed by atoms with Crippen molar-refractivity contribution in [3.63, 3.8) is 0 Å². The molecule has 3 rings (SSSR count). The molecule has 2 aromatic heterocycles. The van der Waals surface area contributed by atoms with E-state index in [0.29, 0.717) is 23.2 Å². The molecule has 0 fully saturated rings. The van der Waals surface area contributed by atoms with Gasteiger partial charge in [-0.15, -0.1) is 10.2 Å². The molecule has 1 unspecified atom stereocenters. The van der Waals surface area contributed by atoms with Gasteiger partial charge < -0.3 is 4.98 Å². The standard InChI is InChI=1S/C18H21N5O2S/c1-4-12(3)26-18-22-21-15(9-13-10-16(24)20-17(25)19-13)23(18)14-7-5-6-11(2)8-14/h5-8,10,12H,4,9H2,1-3H3,(H2,19,20,24,25). The molecule has 0 amide bonds. The highest BCUT2D eigenvalue weighted by Gasteiger charge is 2.17. The smallest absolute Gasteiger partial charge is 0.311 e. The number of nitrogens with one attached hydrogen (secondary N) is 2. The summed E-state index contributed by atoms with van der Waals surface area (Å²) >= 11 is 1.66. The maximum atomic E-state index is 11.6. The second kappa shape index (κ2) is 7.74. The number of aromatic amines is 2. The Balaban J connectivity index is 2.07. The third kappa shape index (κ3) is 4.13. The van der Waals surface area contributed by atoms with E-state index < -0.39 is 11.2 Å². The average Bonchev–Trinajstić information content (AvgIpc) is 2.96. The van der Waals surface area contributed by atoms with Gasteiger partial charge in [0.2, 0.25) is 0 Å². The van der Waals surface area contributed by atoms with Gasteiger partial charge in [-0.2, -0.15) is 0 Å². The summed E-state index contributed by atoms with van der Waals surface area (Å²) in [6.07, 6.45) is 1.32. The molecule has 26 heavy (non-hydrogen) atoms. The van der Waals surface area contributed by atoms with Gasteiger partial charge in [-0.1, -0.05) is 37.7 Å². The minimum Gasteiger partial charge on any atom is -0.311 e. The van der Waals surface area contributed by atoms with Crippen LogP contribution in [0.4, 0.5) is 0 Å². The number of hydrogen-bond acceptors (Lipinski definition) is 5. The zero-order valence-corrected chi connectivity index (χ0v) is 15.8. The van der Waals surface area contributed by atoms with E-state index in [9.17, 15) is 9.59 Å². The maximum absolute atomic E-state index is 11.6. The average molecular weight is 371 g/mol. The summed E-state index contributed by atoms with van der Waals surface area (Å²) in [5, 5.41) is 9.87. The van der Waals surface area contributed by atoms with Crippen LogP contribution in [0.1, 0.15) is 37.4 Å². The van der Waals surface area contributed by atoms with Gasteiger partial charge in [-0.25, -0.2) is 4.79 Å². The quantitative estimate of drug-likeness (QED) is 0.649. The van der Waals surface area contributed by atoms with Gasteiger partial charge in [-0.05, 0) is 31.0 Å². The lowest BCUT2D eigenvalue weighted by Gasteiger charge is -2.13. The Kier molecular flexibility index (Phi) is 5.41. The number of thioether (sulfide) groups is 1. The zero-order valence-electron chi connectivity index (χ0n) is 14.9. The fraction of sp³-hybridized carbons (Fsp3) is 0.333. The van der Waals surface area contributed by atoms with Crippen LogP contribution in [-0.2, 0) is 6.42 Å². The largest absolute Gasteiger partial charge is 0.325 e. The Bertz CT molecular complexity index is 992. The number of benzene rings is 1. The first kappa shape index (κ1) is 18.2. The summed E-state index contributed by atoms with van der Waals surface area (Å²) in [6, 6.07) is 9.46. The Morgan fingerprint density at radius 1 is 1.19 bits per heavy atom. The Morgan fingerprint density at radius 2 is 2.00 bits per heavy atom. The summed E-state index contributed by atoms with van der Waals surface area (Å²) in [4.78, 5) is 27.9. The lowest BCUT2D eigenvalue weighted by atomic mass is 10.2. The zero-order chi connectivity index (χ0) is 18.7. The maximum Gasteiger partial charge on any atom is 0.325 e. The molecule has 0 saturated heterocycles. The predicted octanol–water partition coefficient (Wildman–Crippen LogP) is 2.43. The van der Waals surface area contributed by atoms with Crippen LogP contribution in [0.2, 0.25) is 0 Å². The first-order chi connectivity index (χ1) is 12.5. The molecule has 0 aliphatic heterocycles. The van der Waals surface area contributed by atoms with Gasteiger partial charge in [0.15, 0.2) is 5.16 Å². The van der Waals surface area contributed by atoms with Crippen LogP contribution in [0.3, 0.4) is 0 Å². The topological polar surface area (TPSA) is 96.4 Å². The molecule has 0 radical (unpaired) electrons. The van der Waals surface area contributed by atoms with E-state index in [2.05, 4.69) is 40.1 Å². The highest BCUT2D eigenvalue weighted by atomic mass is 32.2. The van der Waals surface area contributed by atoms with E-state index in [1.165, 1.54) is 6.07 Å². The van der Waals surface area contributed by atoms with Gasteiger partial charge in [0.05, 0.1) is 0 Å². The number of rotatable bonds is 6. The summed E-state index contributed by atoms with van der Waals surface area (Å²) in [6.45, 7) is 6.31. The van der Waals surface area contributed by atoms with Crippen LogP contribution >= 0.6 is 11.8 Å². The van der Waals surface area contributed by atoms with E-state index >= 15 is 0 Å². The summed E-state index contributed by atoms with van der Waals surface area (Å²) in [7, 11) is 0. The van der Waals surface area contributed by atoms with Gasteiger partial charge >= 0.3 is 5.69 Å². The first-order valence-corrected chi connectivity index (χ1v) is 9.34. The van der Waals surface area contributed by atoms with E-state index in [1.54, 1.807) is 11.8 Å². The lowest BCUT2D eigenvalue weighted by Crippen LogP contribution is -2.23. The van der Waals surface area contributed by atoms with Gasteiger partial charge in [0.25, 0.3) is 5.56 Å². The van der Waals surface area contributed by atoms with Crippen molar-refractivity contribution in [1.29, 1.82) is 0 Å². The Hall–Kier alpha value is -2.61. The van der Waals surface area contributed by atoms with Crippen molar-refractivity contribution in [2.24, 2.45) is 0 Å². The molecule has 7 nitrogen and oxygen atoms in total. The van der Waals surface area contributed by atoms with Crippen LogP contribution < -0.4 is 11.2 Å². The molecule has 3 aromatic rings. The minimum absolute atomic E-state index is 0.307. The van der Waals surface area contributed by atoms with Crippen molar-refractivity contribution in [1.82, 2.24) is 24.7 Å². The SMILES string of the molecule is CCC(C)Sc1nnc(Cc2cc(=O)[nH]c(=O)[nH]2)n1-c1cccc(C)c1. The highest BCUT2D eigenvalue weighted by molar-refractivity contribution is 7.99. The van der Waals surface area contributed by atoms with Crippen molar-refractivity contribution < 1.29 is 0 Å². The number of H-pyrrole nitrogens is 2. The molecule has 1 atom stereocenters. The van der Waals surface area contributed by atoms with Gasteiger partial charge in [0.1, 0.15) is 5.82 Å². The molecular formula is C18H21N5O2S. The molecule has 1 aromatic carbocycles. The molecule has 0 bridgehead atoms. The van der Waals surface area contributed by atoms with Crippen LogP contribution in [0.15, 0.2) is 45.1 Å². The monoisotopic (exact) mass is 371 g/mol. The fourth-order valence-corrected chi connectivity index (χ4v) is 3.50. The number of nitrogens with zero attached hydrogens (tertiary/aromatic N) is 3. The molecule has 0 saturated carbocycles. The van der Waals surface area contributed by atoms with Crippen molar-refractivity contribution in [2.75, 3.05) is 0 Å². The Morgan fingerprint density at radius 3 is 2.69 bits per heavy atom. The summed E-state index contributed by atoms with van der Waals surface area (Å²) in [5.74, 6) is 0.669. The third-order valence-corrected chi connectivity index (χ3v) is 5.22. The minimum atomic E-state index is -0.525. The Labute approximate surface area is 154 Å². The third-order valence-electron chi connectivity index (χ3n) is 4.01. The van der Waals surface area contributed by atoms with E-state index in [-0.39, 0.29) is 0 Å². The van der Waals surface area contributed by atoms with Crippen molar-refractivity contribution in [3.05, 3.63) is 68.3 Å². The molecule has 2 heterocycles. The summed E-state index contributed by atoms with van der Waals surface area (Å²) in [5.41, 5.74) is 1.64. The molecule has 136 valence electrons. The van der Waals surface area contributed by atoms with E-state index in [4.69, 9.17) is 0 Å². The van der Waals surface area contributed by atoms with Gasteiger partial charge in [-0.3, -0.25) is 14.3 Å². The van der Waals surface area contributed by atoms with Crippen molar-refractivity contribution >= 4 is 11.8 Å². The highest BCUT2D eigenvalue weighted by Crippen LogP contribution is 2.27. The number of hydrogen-bond donors (Lipinski definition) is 2. The molecular weight excluding hydrogens is 350 g/mol. The van der Waals surface area contributed by atoms with Crippen molar-refractivity contribution in [2.45, 2.75) is 44.0 Å². The molecule has 8 heteroatoms. The van der Waals surface area contributed by atoms with Gasteiger partial charge in [0, 0.05) is 29.1 Å². The normalized spacial score (nSPS) is 12.3. The molecule has 0 aliphatic carbocycles. The van der Waals surface area contributed by atoms with Crippen LogP contribution in [0.5, 0.6) is 0 Å². The fourth-order valence-electron chi connectivity index (χ4n) is 2.57. The van der Waals surface area contributed by atoms with Crippen LogP contribution in [0, 0.1) is 6.92 Å². The lowest BCUT2D eigenvalue weighted by molar-refractivity contribution is 0.819. The van der Waals surface area contributed by atoms with E-state index in [1.807, 2.05) is 29.7 Å². The van der Waals surface area contributed by atoms with Crippen LogP contribution in [0.25, 0.3) is 5.69 Å². The van der Waals surface area contributed by atoms with Crippen LogP contribution in [-0.4, -0.2) is 30.0 Å². The summed E-state index contributed by atoms with van der Waals surface area (Å²) < 4.78 is 1.99.